The lowest BCUT2D eigenvalue weighted by molar-refractivity contribution is -0.130. The van der Waals surface area contributed by atoms with Gasteiger partial charge in [0.25, 0.3) is 5.91 Å². The molecule has 1 N–H and O–H groups in total. The number of rotatable bonds is 5. The predicted octanol–water partition coefficient (Wildman–Crippen LogP) is 7.22. The van der Waals surface area contributed by atoms with Gasteiger partial charge in [-0.05, 0) is 92.0 Å². The Bertz CT molecular complexity index is 1260. The van der Waals surface area contributed by atoms with Gasteiger partial charge in [0.15, 0.2) is 0 Å². The molecule has 5 aliphatic rings. The Morgan fingerprint density at radius 1 is 1.11 bits per heavy atom. The van der Waals surface area contributed by atoms with E-state index < -0.39 is 0 Å². The van der Waals surface area contributed by atoms with E-state index in [1.165, 1.54) is 43.9 Å². The van der Waals surface area contributed by atoms with E-state index in [9.17, 15) is 4.79 Å². The number of aliphatic hydroxyl groups is 1. The van der Waals surface area contributed by atoms with Crippen LogP contribution in [-0.2, 0) is 4.79 Å². The third kappa shape index (κ3) is 4.70. The van der Waals surface area contributed by atoms with E-state index in [0.717, 1.165) is 41.9 Å². The fraction of sp³-hybridized carbons (Fsp3) is 0.448. The maximum Gasteiger partial charge on any atom is 0.266 e. The molecule has 1 saturated heterocycles. The number of aliphatic hydroxyl groups excluding tert-OH is 1. The molecule has 4 bridgehead atoms. The third-order valence-electron chi connectivity index (χ3n) is 8.11. The zero-order valence-corrected chi connectivity index (χ0v) is 23.1. The molecule has 4 aliphatic carbocycles. The molecule has 1 aliphatic heterocycles. The van der Waals surface area contributed by atoms with Crippen LogP contribution in [0.15, 0.2) is 35.2 Å². The number of thiocarbonyl (C=S) groups is 1. The number of carbonyl (C=O) groups excluding carboxylic acids is 1. The second-order valence-corrected chi connectivity index (χ2v) is 13.7. The summed E-state index contributed by atoms with van der Waals surface area (Å²) in [4.78, 5) is 18.4. The van der Waals surface area contributed by atoms with Crippen LogP contribution in [0.25, 0.3) is 16.5 Å². The van der Waals surface area contributed by atoms with E-state index >= 15 is 0 Å². The number of nitrogens with zero attached hydrogens (tertiary/aromatic N) is 1. The van der Waals surface area contributed by atoms with Crippen molar-refractivity contribution in [2.24, 2.45) is 23.7 Å². The lowest BCUT2D eigenvalue weighted by atomic mass is 9.54. The molecule has 0 unspecified atom stereocenters. The van der Waals surface area contributed by atoms with Crippen LogP contribution in [0, 0.1) is 35.5 Å². The molecular formula is C29H28ClNO2S3. The molecule has 36 heavy (non-hydrogen) atoms. The van der Waals surface area contributed by atoms with Crippen molar-refractivity contribution in [3.05, 3.63) is 50.7 Å². The normalized spacial score (nSPS) is 29.8. The summed E-state index contributed by atoms with van der Waals surface area (Å²) in [6.45, 7) is 0.138. The first-order valence-electron chi connectivity index (χ1n) is 12.8. The van der Waals surface area contributed by atoms with Crippen molar-refractivity contribution in [2.75, 3.05) is 6.61 Å². The predicted molar refractivity (Wildman–Crippen MR) is 154 cm³/mol. The van der Waals surface area contributed by atoms with Crippen molar-refractivity contribution >= 4 is 63.2 Å². The molecule has 1 amide bonds. The van der Waals surface area contributed by atoms with E-state index in [1.54, 1.807) is 11.3 Å². The molecule has 5 fully saturated rings. The molecule has 1 aromatic carbocycles. The second-order valence-electron chi connectivity index (χ2n) is 10.5. The van der Waals surface area contributed by atoms with E-state index in [1.807, 2.05) is 35.2 Å². The summed E-state index contributed by atoms with van der Waals surface area (Å²) in [5.74, 6) is 9.50. The summed E-state index contributed by atoms with van der Waals surface area (Å²) in [7, 11) is 0. The number of unbranched alkanes of at least 4 members (excludes halogenated alkanes) is 1. The second kappa shape index (κ2) is 10.3. The maximum atomic E-state index is 13.7. The van der Waals surface area contributed by atoms with Crippen LogP contribution in [-0.4, -0.2) is 32.9 Å². The lowest BCUT2D eigenvalue weighted by Gasteiger charge is -2.56. The third-order valence-corrected chi connectivity index (χ3v) is 10.8. The number of benzene rings is 1. The highest BCUT2D eigenvalue weighted by Gasteiger charge is 2.53. The van der Waals surface area contributed by atoms with Gasteiger partial charge in [-0.1, -0.05) is 59.6 Å². The first-order chi connectivity index (χ1) is 17.5. The SMILES string of the molecule is O=C1C(=Cc2cc(C#CCCCO)c(-c3ccc(Cl)cc3)s2)SC(=S)N1C1C2CC3CC(C2)CC1C3. The van der Waals surface area contributed by atoms with Crippen LogP contribution in [0.2, 0.25) is 5.02 Å². The summed E-state index contributed by atoms with van der Waals surface area (Å²) in [6, 6.07) is 10.1. The number of amides is 1. The quantitative estimate of drug-likeness (QED) is 0.184. The molecule has 3 nitrogen and oxygen atoms in total. The zero-order chi connectivity index (χ0) is 24.8. The summed E-state index contributed by atoms with van der Waals surface area (Å²) in [5.41, 5.74) is 1.99. The van der Waals surface area contributed by atoms with Crippen LogP contribution >= 0.6 is 46.9 Å². The summed E-state index contributed by atoms with van der Waals surface area (Å²) in [5, 5.41) is 9.77. The van der Waals surface area contributed by atoms with E-state index in [2.05, 4.69) is 17.9 Å². The molecule has 0 spiro atoms. The number of thiophene rings is 1. The Labute approximate surface area is 231 Å². The van der Waals surface area contributed by atoms with Crippen molar-refractivity contribution in [2.45, 2.75) is 51.0 Å². The Balaban J connectivity index is 1.29. The number of carbonyl (C=O) groups is 1. The topological polar surface area (TPSA) is 40.5 Å². The van der Waals surface area contributed by atoms with E-state index in [4.69, 9.17) is 28.9 Å². The first-order valence-corrected chi connectivity index (χ1v) is 15.2. The standard InChI is InChI=1S/C29H28ClNO2S3/c30-23-7-5-19(6-8-23)27-20(4-2-1-3-9-32)15-24(35-27)16-25-28(33)31(29(34)36-25)26-21-11-17-10-18(13-21)14-22(26)12-17/h5-8,15-18,21-22,26,32H,1,3,9-14H2. The molecule has 186 valence electrons. The number of thioether (sulfide) groups is 1. The van der Waals surface area contributed by atoms with Crippen LogP contribution in [0.3, 0.4) is 0 Å². The van der Waals surface area contributed by atoms with Gasteiger partial charge >= 0.3 is 0 Å². The van der Waals surface area contributed by atoms with Gasteiger partial charge in [0.2, 0.25) is 0 Å². The monoisotopic (exact) mass is 553 g/mol. The Hall–Kier alpha value is -1.62. The van der Waals surface area contributed by atoms with Crippen LogP contribution in [0.5, 0.6) is 0 Å². The van der Waals surface area contributed by atoms with Gasteiger partial charge in [0.05, 0.1) is 9.78 Å². The summed E-state index contributed by atoms with van der Waals surface area (Å²) in [6.07, 6.45) is 9.76. The highest BCUT2D eigenvalue weighted by Crippen LogP contribution is 2.56. The van der Waals surface area contributed by atoms with Crippen LogP contribution in [0.4, 0.5) is 0 Å². The average Bonchev–Trinajstić information content (AvgIpc) is 3.37. The number of halogens is 1. The fourth-order valence-electron chi connectivity index (χ4n) is 6.90. The minimum absolute atomic E-state index is 0.0829. The van der Waals surface area contributed by atoms with Gasteiger partial charge in [-0.2, -0.15) is 0 Å². The molecular weight excluding hydrogens is 526 g/mol. The largest absolute Gasteiger partial charge is 0.396 e. The molecule has 0 atom stereocenters. The molecule has 2 aromatic rings. The van der Waals surface area contributed by atoms with Gasteiger partial charge in [-0.3, -0.25) is 9.69 Å². The van der Waals surface area contributed by atoms with Crippen molar-refractivity contribution in [1.29, 1.82) is 0 Å². The molecule has 7 rings (SSSR count). The molecule has 2 heterocycles. The minimum Gasteiger partial charge on any atom is -0.396 e. The molecule has 7 heteroatoms. The first kappa shape index (κ1) is 24.7. The minimum atomic E-state index is 0.0829. The smallest absolute Gasteiger partial charge is 0.266 e. The Morgan fingerprint density at radius 3 is 2.47 bits per heavy atom. The Kier molecular flexibility index (Phi) is 7.05. The highest BCUT2D eigenvalue weighted by atomic mass is 35.5. The molecule has 1 aromatic heterocycles. The lowest BCUT2D eigenvalue weighted by Crippen LogP contribution is -2.57. The highest BCUT2D eigenvalue weighted by molar-refractivity contribution is 8.26. The van der Waals surface area contributed by atoms with E-state index in [0.29, 0.717) is 29.7 Å². The average molecular weight is 554 g/mol. The van der Waals surface area contributed by atoms with Crippen LogP contribution < -0.4 is 0 Å². The van der Waals surface area contributed by atoms with Crippen molar-refractivity contribution in [3.8, 4) is 22.3 Å². The Morgan fingerprint density at radius 2 is 1.81 bits per heavy atom. The zero-order valence-electron chi connectivity index (χ0n) is 19.9. The summed E-state index contributed by atoms with van der Waals surface area (Å²) >= 11 is 15.0. The number of hydrogen-bond acceptors (Lipinski definition) is 5. The van der Waals surface area contributed by atoms with Gasteiger partial charge in [-0.15, -0.1) is 11.3 Å². The maximum absolute atomic E-state index is 13.7. The number of hydrogen-bond donors (Lipinski definition) is 1. The van der Waals surface area contributed by atoms with Crippen LogP contribution in [0.1, 0.15) is 55.4 Å². The van der Waals surface area contributed by atoms with Crippen molar-refractivity contribution < 1.29 is 9.90 Å². The van der Waals surface area contributed by atoms with Gasteiger partial charge < -0.3 is 5.11 Å². The molecule has 0 radical (unpaired) electrons. The van der Waals surface area contributed by atoms with Crippen molar-refractivity contribution in [3.63, 3.8) is 0 Å². The molecule has 4 saturated carbocycles. The van der Waals surface area contributed by atoms with E-state index in [-0.39, 0.29) is 18.6 Å². The van der Waals surface area contributed by atoms with Gasteiger partial charge in [0, 0.05) is 34.5 Å². The summed E-state index contributed by atoms with van der Waals surface area (Å²) < 4.78 is 0.724. The van der Waals surface area contributed by atoms with Gasteiger partial charge in [-0.25, -0.2) is 0 Å². The van der Waals surface area contributed by atoms with Gasteiger partial charge in [0.1, 0.15) is 4.32 Å². The van der Waals surface area contributed by atoms with Crippen molar-refractivity contribution in [1.82, 2.24) is 4.90 Å². The fourth-order valence-corrected chi connectivity index (χ4v) is 9.50.